The number of nitrogens with one attached hydrogen (secondary N) is 1. The minimum Gasteiger partial charge on any atom is -0.467 e. The van der Waals surface area contributed by atoms with Gasteiger partial charge in [0.2, 0.25) is 0 Å². The third kappa shape index (κ3) is 4.61. The monoisotopic (exact) mass is 363 g/mol. The Balaban J connectivity index is 1.70. The average molecular weight is 364 g/mol. The fourth-order valence-corrected chi connectivity index (χ4v) is 3.06. The summed E-state index contributed by atoms with van der Waals surface area (Å²) in [6.07, 6.45) is 1.43. The van der Waals surface area contributed by atoms with E-state index < -0.39 is 0 Å². The molecule has 0 saturated carbocycles. The molecule has 1 aromatic heterocycles. The lowest BCUT2D eigenvalue weighted by Gasteiger charge is -2.35. The fourth-order valence-electron chi connectivity index (χ4n) is 2.93. The third-order valence-electron chi connectivity index (χ3n) is 4.31. The Kier molecular flexibility index (Phi) is 6.09. The Hall–Kier alpha value is -1.86. The number of halogens is 1. The first-order valence-electron chi connectivity index (χ1n) is 8.30. The summed E-state index contributed by atoms with van der Waals surface area (Å²) < 4.78 is 10.7. The summed E-state index contributed by atoms with van der Waals surface area (Å²) in [7, 11) is 0. The van der Waals surface area contributed by atoms with Gasteiger partial charge in [-0.25, -0.2) is 0 Å². The molecule has 3 rings (SSSR count). The van der Waals surface area contributed by atoms with Crippen molar-refractivity contribution < 1.29 is 13.9 Å². The van der Waals surface area contributed by atoms with E-state index in [2.05, 4.69) is 10.2 Å². The van der Waals surface area contributed by atoms with Crippen molar-refractivity contribution in [2.24, 2.45) is 5.73 Å². The van der Waals surface area contributed by atoms with Crippen LogP contribution >= 0.6 is 11.6 Å². The van der Waals surface area contributed by atoms with Crippen molar-refractivity contribution in [1.82, 2.24) is 10.2 Å². The summed E-state index contributed by atoms with van der Waals surface area (Å²) in [5.41, 5.74) is 7.11. The van der Waals surface area contributed by atoms with Crippen molar-refractivity contribution in [1.29, 1.82) is 0 Å². The first-order chi connectivity index (χ1) is 12.2. The first kappa shape index (κ1) is 17.9. The van der Waals surface area contributed by atoms with Crippen LogP contribution in [0.5, 0.6) is 0 Å². The van der Waals surface area contributed by atoms with E-state index in [0.717, 1.165) is 18.7 Å². The molecule has 1 atom stereocenters. The Morgan fingerprint density at radius 3 is 2.64 bits per heavy atom. The first-order valence-corrected chi connectivity index (χ1v) is 8.68. The number of furan rings is 1. The summed E-state index contributed by atoms with van der Waals surface area (Å²) >= 11 is 6.00. The van der Waals surface area contributed by atoms with Crippen molar-refractivity contribution >= 4 is 17.5 Å². The lowest BCUT2D eigenvalue weighted by atomic mass is 10.0. The largest absolute Gasteiger partial charge is 0.467 e. The van der Waals surface area contributed by atoms with Crippen LogP contribution in [0.3, 0.4) is 0 Å². The molecule has 0 radical (unpaired) electrons. The Morgan fingerprint density at radius 2 is 2.00 bits per heavy atom. The molecule has 1 aliphatic rings. The molecule has 6 nitrogen and oxygen atoms in total. The minimum absolute atomic E-state index is 0.0611. The van der Waals surface area contributed by atoms with Crippen molar-refractivity contribution in [3.63, 3.8) is 0 Å². The number of amides is 1. The van der Waals surface area contributed by atoms with Crippen molar-refractivity contribution in [3.05, 3.63) is 58.5 Å². The number of carbonyl (C=O) groups excluding carboxylic acids is 1. The van der Waals surface area contributed by atoms with Gasteiger partial charge < -0.3 is 20.2 Å². The molecule has 2 heterocycles. The van der Waals surface area contributed by atoms with Gasteiger partial charge in [0.05, 0.1) is 31.4 Å². The molecule has 1 aromatic carbocycles. The van der Waals surface area contributed by atoms with E-state index in [1.165, 1.54) is 6.26 Å². The van der Waals surface area contributed by atoms with Crippen LogP contribution < -0.4 is 11.1 Å². The van der Waals surface area contributed by atoms with Gasteiger partial charge >= 0.3 is 0 Å². The maximum absolute atomic E-state index is 12.4. The van der Waals surface area contributed by atoms with Gasteiger partial charge in [0.15, 0.2) is 0 Å². The minimum atomic E-state index is -0.171. The number of nitrogens with zero attached hydrogens (tertiary/aromatic N) is 1. The topological polar surface area (TPSA) is 80.7 Å². The lowest BCUT2D eigenvalue weighted by molar-refractivity contribution is 0.0162. The standard InChI is InChI=1S/C18H22ClN3O3/c19-15-3-1-13(2-4-15)17(22-5-7-24-8-6-22)11-21-18(23)14-9-16(10-20)25-12-14/h1-4,9,12,17H,5-8,10-11,20H2,(H,21,23). The highest BCUT2D eigenvalue weighted by Gasteiger charge is 2.23. The number of ether oxygens (including phenoxy) is 1. The van der Waals surface area contributed by atoms with Crippen LogP contribution in [0.25, 0.3) is 0 Å². The normalized spacial score (nSPS) is 16.6. The summed E-state index contributed by atoms with van der Waals surface area (Å²) in [6.45, 7) is 3.80. The van der Waals surface area contributed by atoms with Gasteiger partial charge in [0, 0.05) is 24.7 Å². The van der Waals surface area contributed by atoms with Gasteiger partial charge in [-0.1, -0.05) is 23.7 Å². The van der Waals surface area contributed by atoms with E-state index in [0.29, 0.717) is 36.1 Å². The molecule has 0 spiro atoms. The molecule has 1 amide bonds. The maximum atomic E-state index is 12.4. The lowest BCUT2D eigenvalue weighted by Crippen LogP contribution is -2.43. The molecule has 1 fully saturated rings. The molecule has 7 heteroatoms. The van der Waals surface area contributed by atoms with E-state index in [9.17, 15) is 4.79 Å². The van der Waals surface area contributed by atoms with Crippen molar-refractivity contribution in [2.75, 3.05) is 32.8 Å². The Labute approximate surface area is 151 Å². The Bertz CT molecular complexity index is 696. The quantitative estimate of drug-likeness (QED) is 0.822. The second-order valence-electron chi connectivity index (χ2n) is 5.93. The van der Waals surface area contributed by atoms with Crippen LogP contribution in [-0.4, -0.2) is 43.7 Å². The molecular weight excluding hydrogens is 342 g/mol. The van der Waals surface area contributed by atoms with Crippen LogP contribution in [0, 0.1) is 0 Å². The summed E-state index contributed by atoms with van der Waals surface area (Å²) in [5.74, 6) is 0.420. The zero-order chi connectivity index (χ0) is 17.6. The van der Waals surface area contributed by atoms with Crippen molar-refractivity contribution in [2.45, 2.75) is 12.6 Å². The molecule has 25 heavy (non-hydrogen) atoms. The highest BCUT2D eigenvalue weighted by Crippen LogP contribution is 2.23. The average Bonchev–Trinajstić information content (AvgIpc) is 3.13. The molecule has 1 aliphatic heterocycles. The molecule has 3 N–H and O–H groups in total. The molecule has 1 unspecified atom stereocenters. The van der Waals surface area contributed by atoms with Crippen LogP contribution in [0.1, 0.15) is 27.7 Å². The third-order valence-corrected chi connectivity index (χ3v) is 4.57. The molecule has 0 aliphatic carbocycles. The van der Waals surface area contributed by atoms with E-state index in [1.807, 2.05) is 24.3 Å². The number of rotatable bonds is 6. The van der Waals surface area contributed by atoms with Crippen LogP contribution in [0.4, 0.5) is 0 Å². The smallest absolute Gasteiger partial charge is 0.254 e. The SMILES string of the molecule is NCc1cc(C(=O)NCC(c2ccc(Cl)cc2)N2CCOCC2)co1. The number of nitrogens with two attached hydrogens (primary N) is 1. The van der Waals surface area contributed by atoms with Crippen LogP contribution in [0.15, 0.2) is 41.0 Å². The molecule has 1 saturated heterocycles. The van der Waals surface area contributed by atoms with Gasteiger partial charge in [-0.05, 0) is 23.8 Å². The zero-order valence-electron chi connectivity index (χ0n) is 13.9. The van der Waals surface area contributed by atoms with Crippen LogP contribution in [0.2, 0.25) is 5.02 Å². The summed E-state index contributed by atoms with van der Waals surface area (Å²) in [5, 5.41) is 3.69. The maximum Gasteiger partial charge on any atom is 0.254 e. The number of morpholine rings is 1. The summed E-state index contributed by atoms with van der Waals surface area (Å²) in [4.78, 5) is 14.7. The van der Waals surface area contributed by atoms with Gasteiger partial charge in [-0.3, -0.25) is 9.69 Å². The number of hydrogen-bond acceptors (Lipinski definition) is 5. The highest BCUT2D eigenvalue weighted by molar-refractivity contribution is 6.30. The van der Waals surface area contributed by atoms with Crippen LogP contribution in [-0.2, 0) is 11.3 Å². The van der Waals surface area contributed by atoms with Gasteiger partial charge in [0.1, 0.15) is 12.0 Å². The molecule has 2 aromatic rings. The van der Waals surface area contributed by atoms with Gasteiger partial charge in [-0.15, -0.1) is 0 Å². The number of hydrogen-bond donors (Lipinski definition) is 2. The molecule has 134 valence electrons. The van der Waals surface area contributed by atoms with E-state index in [-0.39, 0.29) is 18.5 Å². The van der Waals surface area contributed by atoms with E-state index in [1.54, 1.807) is 6.07 Å². The molecule has 0 bridgehead atoms. The van der Waals surface area contributed by atoms with Crippen molar-refractivity contribution in [3.8, 4) is 0 Å². The summed E-state index contributed by atoms with van der Waals surface area (Å²) in [6, 6.07) is 9.47. The number of carbonyl (C=O) groups is 1. The predicted molar refractivity (Wildman–Crippen MR) is 95.5 cm³/mol. The van der Waals surface area contributed by atoms with E-state index in [4.69, 9.17) is 26.5 Å². The highest BCUT2D eigenvalue weighted by atomic mass is 35.5. The zero-order valence-corrected chi connectivity index (χ0v) is 14.7. The van der Waals surface area contributed by atoms with Gasteiger partial charge in [0.25, 0.3) is 5.91 Å². The fraction of sp³-hybridized carbons (Fsp3) is 0.389. The molecular formula is C18H22ClN3O3. The Morgan fingerprint density at radius 1 is 1.28 bits per heavy atom. The van der Waals surface area contributed by atoms with Gasteiger partial charge in [-0.2, -0.15) is 0 Å². The number of benzene rings is 1. The predicted octanol–water partition coefficient (Wildman–Crippen LogP) is 2.20. The second kappa shape index (κ2) is 8.49. The van der Waals surface area contributed by atoms with E-state index >= 15 is 0 Å². The second-order valence-corrected chi connectivity index (χ2v) is 6.37.